The van der Waals surface area contributed by atoms with E-state index in [2.05, 4.69) is 36.5 Å². The van der Waals surface area contributed by atoms with Gasteiger partial charge >= 0.3 is 0 Å². The van der Waals surface area contributed by atoms with E-state index in [4.69, 9.17) is 0 Å². The van der Waals surface area contributed by atoms with Crippen LogP contribution < -0.4 is 10.6 Å². The maximum absolute atomic E-state index is 13.0. The maximum atomic E-state index is 13.0. The molecule has 0 saturated heterocycles. The topological polar surface area (TPSA) is 84.0 Å². The van der Waals surface area contributed by atoms with Gasteiger partial charge in [-0.1, -0.05) is 28.1 Å². The van der Waals surface area contributed by atoms with Gasteiger partial charge in [0, 0.05) is 29.1 Å². The van der Waals surface area contributed by atoms with Gasteiger partial charge in [0.05, 0.1) is 0 Å². The molecule has 3 aromatic rings. The van der Waals surface area contributed by atoms with E-state index in [0.29, 0.717) is 5.69 Å². The number of halogens is 2. The van der Waals surface area contributed by atoms with Gasteiger partial charge < -0.3 is 10.6 Å². The van der Waals surface area contributed by atoms with Crippen LogP contribution in [0.3, 0.4) is 0 Å². The van der Waals surface area contributed by atoms with E-state index in [1.165, 1.54) is 24.5 Å². The smallest absolute Gasteiger partial charge is 0.276 e. The third kappa shape index (κ3) is 4.77. The Hall–Kier alpha value is -3.13. The Labute approximate surface area is 169 Å². The second-order valence-corrected chi connectivity index (χ2v) is 6.89. The first kappa shape index (κ1) is 19.6. The average molecular weight is 443 g/mol. The molecule has 0 radical (unpaired) electrons. The number of anilines is 1. The molecule has 3 rings (SSSR count). The van der Waals surface area contributed by atoms with Crippen molar-refractivity contribution >= 4 is 33.4 Å². The van der Waals surface area contributed by atoms with Gasteiger partial charge in [-0.15, -0.1) is 0 Å². The van der Waals surface area contributed by atoms with Crippen LogP contribution in [-0.2, 0) is 6.54 Å². The van der Waals surface area contributed by atoms with E-state index in [1.54, 1.807) is 24.3 Å². The molecular weight excluding hydrogens is 427 g/mol. The highest BCUT2D eigenvalue weighted by molar-refractivity contribution is 9.10. The van der Waals surface area contributed by atoms with Gasteiger partial charge in [-0.2, -0.15) is 0 Å². The molecule has 0 unspecified atom stereocenters. The monoisotopic (exact) mass is 442 g/mol. The van der Waals surface area contributed by atoms with Gasteiger partial charge in [-0.25, -0.2) is 14.4 Å². The number of carbonyl (C=O) groups excluding carboxylic acids is 2. The molecule has 0 aliphatic rings. The molecule has 8 heteroatoms. The van der Waals surface area contributed by atoms with E-state index in [0.717, 1.165) is 15.6 Å². The van der Waals surface area contributed by atoms with Crippen molar-refractivity contribution in [1.29, 1.82) is 0 Å². The molecule has 0 aliphatic heterocycles. The van der Waals surface area contributed by atoms with Crippen molar-refractivity contribution in [3.63, 3.8) is 0 Å². The van der Waals surface area contributed by atoms with E-state index in [9.17, 15) is 14.0 Å². The summed E-state index contributed by atoms with van der Waals surface area (Å²) in [6.07, 6.45) is 2.69. The van der Waals surface area contributed by atoms with Crippen LogP contribution in [0.15, 0.2) is 59.3 Å². The second-order valence-electron chi connectivity index (χ2n) is 5.98. The molecule has 142 valence electrons. The number of carbonyl (C=O) groups is 2. The minimum Gasteiger partial charge on any atom is -0.347 e. The van der Waals surface area contributed by atoms with Crippen molar-refractivity contribution < 1.29 is 14.0 Å². The summed E-state index contributed by atoms with van der Waals surface area (Å²) in [5.74, 6) is -1.44. The van der Waals surface area contributed by atoms with Crippen LogP contribution in [0.4, 0.5) is 10.1 Å². The van der Waals surface area contributed by atoms with Gasteiger partial charge in [0.15, 0.2) is 11.4 Å². The van der Waals surface area contributed by atoms with Crippen LogP contribution in [0.1, 0.15) is 32.1 Å². The molecule has 2 amide bonds. The predicted octanol–water partition coefficient (Wildman–Crippen LogP) is 3.87. The zero-order valence-electron chi connectivity index (χ0n) is 14.9. The van der Waals surface area contributed by atoms with Gasteiger partial charge in [0.25, 0.3) is 11.8 Å². The SMILES string of the molecule is Cc1cc(Br)ccc1NC(=O)c1nccnc1C(=O)NCc1ccc(F)cc1. The Balaban J connectivity index is 1.75. The van der Waals surface area contributed by atoms with Crippen LogP contribution in [0.2, 0.25) is 0 Å². The Morgan fingerprint density at radius 2 is 1.64 bits per heavy atom. The van der Waals surface area contributed by atoms with Crippen molar-refractivity contribution in [3.8, 4) is 0 Å². The summed E-state index contributed by atoms with van der Waals surface area (Å²) in [5, 5.41) is 5.41. The fourth-order valence-corrected chi connectivity index (χ4v) is 2.96. The molecule has 0 aliphatic carbocycles. The number of nitrogens with one attached hydrogen (secondary N) is 2. The first-order chi connectivity index (χ1) is 13.4. The molecule has 28 heavy (non-hydrogen) atoms. The minimum atomic E-state index is -0.546. The number of aryl methyl sites for hydroxylation is 1. The lowest BCUT2D eigenvalue weighted by molar-refractivity contribution is 0.0931. The van der Waals surface area contributed by atoms with Crippen LogP contribution in [0.5, 0.6) is 0 Å². The molecule has 0 bridgehead atoms. The van der Waals surface area contributed by atoms with Crippen LogP contribution in [0.25, 0.3) is 0 Å². The van der Waals surface area contributed by atoms with E-state index < -0.39 is 11.8 Å². The van der Waals surface area contributed by atoms with Gasteiger partial charge in [-0.3, -0.25) is 9.59 Å². The number of hydrogen-bond donors (Lipinski definition) is 2. The number of benzene rings is 2. The normalized spacial score (nSPS) is 10.4. The van der Waals surface area contributed by atoms with Crippen LogP contribution >= 0.6 is 15.9 Å². The Morgan fingerprint density at radius 1 is 1.00 bits per heavy atom. The molecule has 0 saturated carbocycles. The number of amides is 2. The summed E-state index contributed by atoms with van der Waals surface area (Å²) in [7, 11) is 0. The molecule has 1 aromatic heterocycles. The Morgan fingerprint density at radius 3 is 2.29 bits per heavy atom. The van der Waals surface area contributed by atoms with E-state index in [1.807, 2.05) is 13.0 Å². The van der Waals surface area contributed by atoms with Crippen molar-refractivity contribution in [1.82, 2.24) is 15.3 Å². The zero-order valence-corrected chi connectivity index (χ0v) is 16.5. The van der Waals surface area contributed by atoms with E-state index in [-0.39, 0.29) is 23.7 Å². The van der Waals surface area contributed by atoms with Gasteiger partial charge in [0.2, 0.25) is 0 Å². The van der Waals surface area contributed by atoms with Gasteiger partial charge in [0.1, 0.15) is 5.82 Å². The summed E-state index contributed by atoms with van der Waals surface area (Å²) in [6, 6.07) is 11.2. The number of hydrogen-bond acceptors (Lipinski definition) is 4. The van der Waals surface area contributed by atoms with Crippen LogP contribution in [-0.4, -0.2) is 21.8 Å². The molecule has 2 aromatic carbocycles. The van der Waals surface area contributed by atoms with E-state index >= 15 is 0 Å². The molecule has 1 heterocycles. The first-order valence-electron chi connectivity index (χ1n) is 8.35. The van der Waals surface area contributed by atoms with Crippen molar-refractivity contribution in [2.24, 2.45) is 0 Å². The third-order valence-corrected chi connectivity index (χ3v) is 4.42. The number of nitrogens with zero attached hydrogens (tertiary/aromatic N) is 2. The van der Waals surface area contributed by atoms with Crippen molar-refractivity contribution in [2.75, 3.05) is 5.32 Å². The lowest BCUT2D eigenvalue weighted by Crippen LogP contribution is -2.28. The third-order valence-electron chi connectivity index (χ3n) is 3.93. The van der Waals surface area contributed by atoms with Crippen molar-refractivity contribution in [2.45, 2.75) is 13.5 Å². The summed E-state index contributed by atoms with van der Waals surface area (Å²) in [4.78, 5) is 33.2. The minimum absolute atomic E-state index is 0.0820. The number of aromatic nitrogens is 2. The largest absolute Gasteiger partial charge is 0.347 e. The summed E-state index contributed by atoms with van der Waals surface area (Å²) >= 11 is 3.37. The number of rotatable bonds is 5. The highest BCUT2D eigenvalue weighted by Gasteiger charge is 2.20. The predicted molar refractivity (Wildman–Crippen MR) is 106 cm³/mol. The second kappa shape index (κ2) is 8.71. The zero-order chi connectivity index (χ0) is 20.1. The summed E-state index contributed by atoms with van der Waals surface area (Å²) < 4.78 is 13.9. The standard InChI is InChI=1S/C20H16BrFN4O2/c1-12-10-14(21)4-7-16(12)26-20(28)18-17(23-8-9-24-18)19(27)25-11-13-2-5-15(22)6-3-13/h2-10H,11H2,1H3,(H,25,27)(H,26,28). The molecule has 6 nitrogen and oxygen atoms in total. The Kier molecular flexibility index (Phi) is 6.10. The van der Waals surface area contributed by atoms with Crippen molar-refractivity contribution in [3.05, 3.63) is 87.7 Å². The highest BCUT2D eigenvalue weighted by atomic mass is 79.9. The quantitative estimate of drug-likeness (QED) is 0.627. The summed E-state index contributed by atoms with van der Waals surface area (Å²) in [5.41, 5.74) is 2.01. The van der Waals surface area contributed by atoms with Gasteiger partial charge in [-0.05, 0) is 48.4 Å². The van der Waals surface area contributed by atoms with Crippen LogP contribution in [0, 0.1) is 12.7 Å². The molecule has 0 spiro atoms. The molecule has 0 fully saturated rings. The molecule has 2 N–H and O–H groups in total. The lowest BCUT2D eigenvalue weighted by Gasteiger charge is -2.11. The average Bonchev–Trinajstić information content (AvgIpc) is 2.69. The fourth-order valence-electron chi connectivity index (χ4n) is 2.49. The maximum Gasteiger partial charge on any atom is 0.276 e. The molecular formula is C20H16BrFN4O2. The highest BCUT2D eigenvalue weighted by Crippen LogP contribution is 2.20. The first-order valence-corrected chi connectivity index (χ1v) is 9.14. The fraction of sp³-hybridized carbons (Fsp3) is 0.100. The lowest BCUT2D eigenvalue weighted by atomic mass is 10.2. The Bertz CT molecular complexity index is 1020. The molecule has 0 atom stereocenters. The summed E-state index contributed by atoms with van der Waals surface area (Å²) in [6.45, 7) is 2.02.